The maximum absolute atomic E-state index is 6.20. The van der Waals surface area contributed by atoms with E-state index in [2.05, 4.69) is 45.4 Å². The molecular weight excluding hydrogens is 340 g/mol. The van der Waals surface area contributed by atoms with Crippen LogP contribution >= 0.6 is 27.5 Å². The van der Waals surface area contributed by atoms with Gasteiger partial charge in [0, 0.05) is 16.0 Å². The molecule has 0 aliphatic heterocycles. The summed E-state index contributed by atoms with van der Waals surface area (Å²) < 4.78 is 2.78. The molecule has 1 N–H and O–H groups in total. The maximum atomic E-state index is 6.20. The highest BCUT2D eigenvalue weighted by molar-refractivity contribution is 9.10. The summed E-state index contributed by atoms with van der Waals surface area (Å²) in [4.78, 5) is 0. The van der Waals surface area contributed by atoms with E-state index in [0.717, 1.165) is 33.8 Å². The molecular formula is C14H18BrClN4. The minimum atomic E-state index is 0.628. The molecule has 2 aromatic rings. The van der Waals surface area contributed by atoms with Crippen molar-refractivity contribution in [2.45, 2.75) is 26.9 Å². The molecule has 0 fully saturated rings. The van der Waals surface area contributed by atoms with Crippen molar-refractivity contribution in [2.75, 3.05) is 6.54 Å². The zero-order chi connectivity index (χ0) is 14.5. The van der Waals surface area contributed by atoms with Crippen molar-refractivity contribution in [3.8, 4) is 0 Å². The van der Waals surface area contributed by atoms with Gasteiger partial charge < -0.3 is 5.32 Å². The molecule has 0 amide bonds. The van der Waals surface area contributed by atoms with Gasteiger partial charge in [-0.2, -0.15) is 0 Å². The lowest BCUT2D eigenvalue weighted by atomic mass is 10.2. The molecule has 1 aromatic heterocycles. The van der Waals surface area contributed by atoms with E-state index in [1.807, 2.05) is 29.1 Å². The Hall–Kier alpha value is -0.910. The van der Waals surface area contributed by atoms with E-state index in [9.17, 15) is 0 Å². The second kappa shape index (κ2) is 7.20. The van der Waals surface area contributed by atoms with Crippen molar-refractivity contribution < 1.29 is 0 Å². The first kappa shape index (κ1) is 15.5. The molecule has 0 radical (unpaired) electrons. The van der Waals surface area contributed by atoms with Gasteiger partial charge in [0.15, 0.2) is 0 Å². The van der Waals surface area contributed by atoms with Crippen molar-refractivity contribution in [1.29, 1.82) is 0 Å². The lowest BCUT2D eigenvalue weighted by Gasteiger charge is -2.05. The zero-order valence-electron chi connectivity index (χ0n) is 11.6. The normalized spacial score (nSPS) is 11.2. The molecule has 0 bridgehead atoms. The van der Waals surface area contributed by atoms with Gasteiger partial charge in [0.05, 0.1) is 18.4 Å². The minimum absolute atomic E-state index is 0.628. The number of hydrogen-bond acceptors (Lipinski definition) is 3. The first-order chi connectivity index (χ1) is 9.54. The molecule has 108 valence electrons. The molecule has 1 heterocycles. The third-order valence-corrected chi connectivity index (χ3v) is 3.64. The van der Waals surface area contributed by atoms with Crippen molar-refractivity contribution in [2.24, 2.45) is 5.92 Å². The lowest BCUT2D eigenvalue weighted by Crippen LogP contribution is -2.19. The predicted molar refractivity (Wildman–Crippen MR) is 84.8 cm³/mol. The lowest BCUT2D eigenvalue weighted by molar-refractivity contribution is 0.548. The number of rotatable bonds is 6. The van der Waals surface area contributed by atoms with Gasteiger partial charge in [-0.25, -0.2) is 4.68 Å². The van der Waals surface area contributed by atoms with E-state index in [4.69, 9.17) is 11.6 Å². The van der Waals surface area contributed by atoms with Crippen molar-refractivity contribution in [1.82, 2.24) is 20.3 Å². The average molecular weight is 358 g/mol. The third-order valence-electron chi connectivity index (χ3n) is 2.79. The minimum Gasteiger partial charge on any atom is -0.311 e. The molecule has 2 rings (SSSR count). The second-order valence-electron chi connectivity index (χ2n) is 5.17. The Morgan fingerprint density at radius 2 is 2.20 bits per heavy atom. The van der Waals surface area contributed by atoms with E-state index in [-0.39, 0.29) is 0 Å². The fourth-order valence-electron chi connectivity index (χ4n) is 1.81. The summed E-state index contributed by atoms with van der Waals surface area (Å²) >= 11 is 9.60. The first-order valence-corrected chi connectivity index (χ1v) is 7.75. The van der Waals surface area contributed by atoms with Gasteiger partial charge in [-0.3, -0.25) is 0 Å². The highest BCUT2D eigenvalue weighted by atomic mass is 79.9. The molecule has 0 aliphatic carbocycles. The van der Waals surface area contributed by atoms with Crippen LogP contribution in [0.2, 0.25) is 5.02 Å². The van der Waals surface area contributed by atoms with E-state index in [1.54, 1.807) is 0 Å². The maximum Gasteiger partial charge on any atom is 0.0964 e. The van der Waals surface area contributed by atoms with E-state index >= 15 is 0 Å². The van der Waals surface area contributed by atoms with E-state index < -0.39 is 0 Å². The second-order valence-corrected chi connectivity index (χ2v) is 6.49. The summed E-state index contributed by atoms with van der Waals surface area (Å²) in [6.45, 7) is 6.71. The van der Waals surface area contributed by atoms with Crippen molar-refractivity contribution in [3.63, 3.8) is 0 Å². The Morgan fingerprint density at radius 1 is 1.40 bits per heavy atom. The van der Waals surface area contributed by atoms with Crippen LogP contribution in [-0.4, -0.2) is 21.5 Å². The quantitative estimate of drug-likeness (QED) is 0.860. The first-order valence-electron chi connectivity index (χ1n) is 6.58. The zero-order valence-corrected chi connectivity index (χ0v) is 13.9. The third kappa shape index (κ3) is 4.58. The molecule has 0 atom stereocenters. The van der Waals surface area contributed by atoms with Gasteiger partial charge in [0.25, 0.3) is 0 Å². The molecule has 6 heteroatoms. The fraction of sp³-hybridized carbons (Fsp3) is 0.429. The van der Waals surface area contributed by atoms with Crippen LogP contribution in [-0.2, 0) is 13.1 Å². The number of hydrogen-bond donors (Lipinski definition) is 1. The Labute approximate surface area is 132 Å². The molecule has 0 saturated heterocycles. The monoisotopic (exact) mass is 356 g/mol. The van der Waals surface area contributed by atoms with Gasteiger partial charge >= 0.3 is 0 Å². The summed E-state index contributed by atoms with van der Waals surface area (Å²) in [6, 6.07) is 5.85. The molecule has 1 aromatic carbocycles. The van der Waals surface area contributed by atoms with Gasteiger partial charge in [0.1, 0.15) is 0 Å². The van der Waals surface area contributed by atoms with Crippen LogP contribution in [0.1, 0.15) is 25.1 Å². The number of nitrogens with zero attached hydrogens (tertiary/aromatic N) is 3. The van der Waals surface area contributed by atoms with Crippen LogP contribution < -0.4 is 5.32 Å². The summed E-state index contributed by atoms with van der Waals surface area (Å²) in [5.74, 6) is 0.631. The fourth-order valence-corrected chi connectivity index (χ4v) is 2.54. The average Bonchev–Trinajstić information content (AvgIpc) is 2.80. The van der Waals surface area contributed by atoms with Crippen LogP contribution in [0.3, 0.4) is 0 Å². The largest absolute Gasteiger partial charge is 0.311 e. The van der Waals surface area contributed by atoms with Crippen LogP contribution in [0, 0.1) is 5.92 Å². The summed E-state index contributed by atoms with van der Waals surface area (Å²) in [5, 5.41) is 12.4. The number of aromatic nitrogens is 3. The SMILES string of the molecule is CC(C)CNCc1cn(Cc2ccc(Br)cc2Cl)nn1. The molecule has 4 nitrogen and oxygen atoms in total. The number of benzene rings is 1. The number of halogens is 2. The topological polar surface area (TPSA) is 42.7 Å². The van der Waals surface area contributed by atoms with Gasteiger partial charge in [-0.05, 0) is 30.2 Å². The molecule has 0 aliphatic rings. The van der Waals surface area contributed by atoms with Crippen LogP contribution in [0.5, 0.6) is 0 Å². The Bertz CT molecular complexity index is 568. The Balaban J connectivity index is 1.95. The van der Waals surface area contributed by atoms with Crippen LogP contribution in [0.4, 0.5) is 0 Å². The highest BCUT2D eigenvalue weighted by Crippen LogP contribution is 2.21. The predicted octanol–water partition coefficient (Wildman–Crippen LogP) is 3.49. The molecule has 0 saturated carbocycles. The highest BCUT2D eigenvalue weighted by Gasteiger charge is 2.05. The Morgan fingerprint density at radius 3 is 2.90 bits per heavy atom. The summed E-state index contributed by atoms with van der Waals surface area (Å²) in [5.41, 5.74) is 1.97. The smallest absolute Gasteiger partial charge is 0.0964 e. The summed E-state index contributed by atoms with van der Waals surface area (Å²) in [7, 11) is 0. The van der Waals surface area contributed by atoms with Gasteiger partial charge in [-0.15, -0.1) is 5.10 Å². The van der Waals surface area contributed by atoms with Crippen LogP contribution in [0.15, 0.2) is 28.9 Å². The Kier molecular flexibility index (Phi) is 5.57. The van der Waals surface area contributed by atoms with E-state index in [1.165, 1.54) is 0 Å². The molecule has 0 unspecified atom stereocenters. The standard InChI is InChI=1S/C14H18BrClN4/c1-10(2)6-17-7-13-9-20(19-18-13)8-11-3-4-12(15)5-14(11)16/h3-5,9-10,17H,6-8H2,1-2H3. The summed E-state index contributed by atoms with van der Waals surface area (Å²) in [6.07, 6.45) is 1.95. The van der Waals surface area contributed by atoms with Gasteiger partial charge in [-0.1, -0.05) is 52.7 Å². The number of nitrogens with one attached hydrogen (secondary N) is 1. The molecule has 20 heavy (non-hydrogen) atoms. The van der Waals surface area contributed by atoms with Crippen molar-refractivity contribution >= 4 is 27.5 Å². The van der Waals surface area contributed by atoms with E-state index in [0.29, 0.717) is 12.5 Å². The van der Waals surface area contributed by atoms with Gasteiger partial charge in [0.2, 0.25) is 0 Å². The van der Waals surface area contributed by atoms with Crippen LogP contribution in [0.25, 0.3) is 0 Å². The van der Waals surface area contributed by atoms with Crippen molar-refractivity contribution in [3.05, 3.63) is 45.1 Å². The molecule has 0 spiro atoms.